The fourth-order valence-corrected chi connectivity index (χ4v) is 3.66. The van der Waals surface area contributed by atoms with Crippen molar-refractivity contribution in [3.63, 3.8) is 0 Å². The SMILES string of the molecule is CCNC(=NCC1(c2cccc(F)c2)CCOCC1)N(C)CCOCC1CC1. The van der Waals surface area contributed by atoms with Crippen molar-refractivity contribution >= 4 is 5.96 Å². The maximum Gasteiger partial charge on any atom is 0.193 e. The Morgan fingerprint density at radius 1 is 1.36 bits per heavy atom. The van der Waals surface area contributed by atoms with Gasteiger partial charge in [0.25, 0.3) is 0 Å². The lowest BCUT2D eigenvalue weighted by atomic mass is 9.74. The lowest BCUT2D eigenvalue weighted by molar-refractivity contribution is 0.0529. The second kappa shape index (κ2) is 10.2. The molecular weight excluding hydrogens is 357 g/mol. The van der Waals surface area contributed by atoms with Crippen molar-refractivity contribution in [1.82, 2.24) is 10.2 Å². The number of benzene rings is 1. The maximum absolute atomic E-state index is 13.9. The summed E-state index contributed by atoms with van der Waals surface area (Å²) in [7, 11) is 2.04. The summed E-state index contributed by atoms with van der Waals surface area (Å²) in [6.45, 7) is 7.27. The molecule has 0 amide bonds. The second-order valence-electron chi connectivity index (χ2n) is 8.01. The Balaban J connectivity index is 1.66. The molecule has 28 heavy (non-hydrogen) atoms. The number of hydrogen-bond donors (Lipinski definition) is 1. The van der Waals surface area contributed by atoms with Crippen molar-refractivity contribution in [2.45, 2.75) is 38.0 Å². The van der Waals surface area contributed by atoms with E-state index in [0.29, 0.717) is 26.4 Å². The number of likely N-dealkylation sites (N-methyl/N-ethyl adjacent to an activating group) is 1. The average Bonchev–Trinajstić information content (AvgIpc) is 3.53. The molecule has 1 aromatic rings. The van der Waals surface area contributed by atoms with Gasteiger partial charge in [-0.3, -0.25) is 4.99 Å². The number of guanidine groups is 1. The van der Waals surface area contributed by atoms with Crippen molar-refractivity contribution in [2.24, 2.45) is 10.9 Å². The molecule has 1 saturated carbocycles. The Kier molecular flexibility index (Phi) is 7.68. The summed E-state index contributed by atoms with van der Waals surface area (Å²) in [6.07, 6.45) is 4.33. The summed E-state index contributed by atoms with van der Waals surface area (Å²) >= 11 is 0. The van der Waals surface area contributed by atoms with E-state index in [4.69, 9.17) is 14.5 Å². The number of hydrogen-bond acceptors (Lipinski definition) is 3. The van der Waals surface area contributed by atoms with Crippen LogP contribution in [0.3, 0.4) is 0 Å². The first kappa shape index (κ1) is 21.1. The zero-order valence-electron chi connectivity index (χ0n) is 17.3. The van der Waals surface area contributed by atoms with Gasteiger partial charge in [-0.2, -0.15) is 0 Å². The van der Waals surface area contributed by atoms with Gasteiger partial charge in [-0.05, 0) is 56.2 Å². The summed E-state index contributed by atoms with van der Waals surface area (Å²) in [6, 6.07) is 6.97. The van der Waals surface area contributed by atoms with Crippen LogP contribution in [0.15, 0.2) is 29.3 Å². The van der Waals surface area contributed by atoms with Crippen molar-refractivity contribution in [2.75, 3.05) is 53.1 Å². The molecule has 0 bridgehead atoms. The number of nitrogens with one attached hydrogen (secondary N) is 1. The minimum absolute atomic E-state index is 0.176. The first-order valence-electron chi connectivity index (χ1n) is 10.5. The van der Waals surface area contributed by atoms with Gasteiger partial charge in [0, 0.05) is 45.4 Å². The van der Waals surface area contributed by atoms with Gasteiger partial charge in [-0.25, -0.2) is 4.39 Å². The monoisotopic (exact) mass is 391 g/mol. The molecule has 2 aliphatic rings. The number of halogens is 1. The molecule has 0 unspecified atom stereocenters. The molecule has 1 aromatic carbocycles. The molecule has 0 radical (unpaired) electrons. The topological polar surface area (TPSA) is 46.1 Å². The minimum atomic E-state index is -0.191. The van der Waals surface area contributed by atoms with E-state index in [2.05, 4.69) is 17.1 Å². The van der Waals surface area contributed by atoms with Crippen LogP contribution >= 0.6 is 0 Å². The molecule has 1 aliphatic heterocycles. The molecule has 1 saturated heterocycles. The van der Waals surface area contributed by atoms with Gasteiger partial charge in [0.2, 0.25) is 0 Å². The van der Waals surface area contributed by atoms with Crippen LogP contribution in [0, 0.1) is 11.7 Å². The van der Waals surface area contributed by atoms with E-state index in [1.165, 1.54) is 18.9 Å². The van der Waals surface area contributed by atoms with Crippen LogP contribution < -0.4 is 5.32 Å². The molecule has 1 N–H and O–H groups in total. The molecular formula is C22H34FN3O2. The summed E-state index contributed by atoms with van der Waals surface area (Å²) < 4.78 is 25.2. The predicted octanol–water partition coefficient (Wildman–Crippen LogP) is 3.20. The molecule has 2 fully saturated rings. The third-order valence-electron chi connectivity index (χ3n) is 5.74. The molecule has 0 spiro atoms. The Morgan fingerprint density at radius 3 is 2.82 bits per heavy atom. The van der Waals surface area contributed by atoms with Crippen LogP contribution in [-0.2, 0) is 14.9 Å². The molecule has 3 rings (SSSR count). The average molecular weight is 392 g/mol. The fraction of sp³-hybridized carbons (Fsp3) is 0.682. The van der Waals surface area contributed by atoms with Crippen molar-refractivity contribution in [3.8, 4) is 0 Å². The van der Waals surface area contributed by atoms with Crippen molar-refractivity contribution < 1.29 is 13.9 Å². The van der Waals surface area contributed by atoms with E-state index in [9.17, 15) is 4.39 Å². The van der Waals surface area contributed by atoms with Gasteiger partial charge >= 0.3 is 0 Å². The summed E-state index contributed by atoms with van der Waals surface area (Å²) in [4.78, 5) is 7.06. The smallest absolute Gasteiger partial charge is 0.193 e. The summed E-state index contributed by atoms with van der Waals surface area (Å²) in [5.74, 6) is 1.47. The number of ether oxygens (including phenoxy) is 2. The highest BCUT2D eigenvalue weighted by atomic mass is 19.1. The van der Waals surface area contributed by atoms with E-state index in [0.717, 1.165) is 50.0 Å². The normalized spacial score (nSPS) is 19.5. The highest BCUT2D eigenvalue weighted by molar-refractivity contribution is 5.79. The van der Waals surface area contributed by atoms with Crippen LogP contribution in [0.5, 0.6) is 0 Å². The number of nitrogens with zero attached hydrogens (tertiary/aromatic N) is 2. The zero-order chi connectivity index (χ0) is 19.8. The highest BCUT2D eigenvalue weighted by Crippen LogP contribution is 2.35. The molecule has 0 aromatic heterocycles. The fourth-order valence-electron chi connectivity index (χ4n) is 3.66. The van der Waals surface area contributed by atoms with Gasteiger partial charge < -0.3 is 19.7 Å². The molecule has 1 aliphatic carbocycles. The van der Waals surface area contributed by atoms with Gasteiger partial charge in [0.15, 0.2) is 5.96 Å². The summed E-state index contributed by atoms with van der Waals surface area (Å²) in [5.41, 5.74) is 0.843. The number of aliphatic imine (C=N–C) groups is 1. The maximum atomic E-state index is 13.9. The first-order chi connectivity index (χ1) is 13.6. The molecule has 0 atom stereocenters. The molecule has 1 heterocycles. The lowest BCUT2D eigenvalue weighted by Gasteiger charge is -2.37. The van der Waals surface area contributed by atoms with E-state index >= 15 is 0 Å². The van der Waals surface area contributed by atoms with Gasteiger partial charge in [-0.15, -0.1) is 0 Å². The third kappa shape index (κ3) is 5.92. The van der Waals surface area contributed by atoms with Crippen LogP contribution in [0.4, 0.5) is 4.39 Å². The van der Waals surface area contributed by atoms with E-state index in [1.807, 2.05) is 13.1 Å². The highest BCUT2D eigenvalue weighted by Gasteiger charge is 2.35. The van der Waals surface area contributed by atoms with Crippen LogP contribution in [0.1, 0.15) is 38.2 Å². The zero-order valence-corrected chi connectivity index (χ0v) is 17.3. The Bertz CT molecular complexity index is 642. The minimum Gasteiger partial charge on any atom is -0.381 e. The van der Waals surface area contributed by atoms with Crippen LogP contribution in [0.2, 0.25) is 0 Å². The van der Waals surface area contributed by atoms with Gasteiger partial charge in [0.1, 0.15) is 5.82 Å². The third-order valence-corrected chi connectivity index (χ3v) is 5.74. The molecule has 156 valence electrons. The Labute approximate surface area is 168 Å². The Morgan fingerprint density at radius 2 is 2.14 bits per heavy atom. The van der Waals surface area contributed by atoms with Gasteiger partial charge in [0.05, 0.1) is 13.2 Å². The second-order valence-corrected chi connectivity index (χ2v) is 8.01. The van der Waals surface area contributed by atoms with Crippen LogP contribution in [-0.4, -0.2) is 64.0 Å². The molecule has 6 heteroatoms. The quantitative estimate of drug-likeness (QED) is 0.399. The van der Waals surface area contributed by atoms with E-state index in [-0.39, 0.29) is 11.2 Å². The first-order valence-corrected chi connectivity index (χ1v) is 10.5. The number of rotatable bonds is 9. The predicted molar refractivity (Wildman–Crippen MR) is 110 cm³/mol. The van der Waals surface area contributed by atoms with Crippen LogP contribution in [0.25, 0.3) is 0 Å². The lowest BCUT2D eigenvalue weighted by Crippen LogP contribution is -2.43. The van der Waals surface area contributed by atoms with Crippen molar-refractivity contribution in [1.29, 1.82) is 0 Å². The molecule has 5 nitrogen and oxygen atoms in total. The van der Waals surface area contributed by atoms with Gasteiger partial charge in [-0.1, -0.05) is 12.1 Å². The van der Waals surface area contributed by atoms with E-state index < -0.39 is 0 Å². The van der Waals surface area contributed by atoms with E-state index in [1.54, 1.807) is 12.1 Å². The standard InChI is InChI=1S/C22H34FN3O2/c1-3-24-21(26(2)11-14-28-16-18-7-8-18)25-17-22(9-12-27-13-10-22)19-5-4-6-20(23)15-19/h4-6,15,18H,3,7-14,16-17H2,1-2H3,(H,24,25). The summed E-state index contributed by atoms with van der Waals surface area (Å²) in [5, 5.41) is 3.38. The van der Waals surface area contributed by atoms with Crippen molar-refractivity contribution in [3.05, 3.63) is 35.6 Å². The Hall–Kier alpha value is -1.66. The largest absolute Gasteiger partial charge is 0.381 e.